The van der Waals surface area contributed by atoms with E-state index in [9.17, 15) is 35.1 Å². The number of hydrogen-bond acceptors (Lipinski definition) is 10. The third kappa shape index (κ3) is 3.97. The Balaban J connectivity index is 1.58. The zero-order valence-electron chi connectivity index (χ0n) is 24.0. The first kappa shape index (κ1) is 30.5. The van der Waals surface area contributed by atoms with Crippen LogP contribution < -0.4 is 0 Å². The van der Waals surface area contributed by atoms with Gasteiger partial charge in [0.15, 0.2) is 11.4 Å². The molecular weight excluding hydrogens is 544 g/mol. The molecule has 1 aromatic carbocycles. The van der Waals surface area contributed by atoms with Crippen LogP contribution in [0.25, 0.3) is 6.08 Å². The molecule has 0 aromatic heterocycles. The Hall–Kier alpha value is -2.96. The molecule has 1 aromatic rings. The highest BCUT2D eigenvalue weighted by Crippen LogP contribution is 2.65. The van der Waals surface area contributed by atoms with Crippen LogP contribution in [0, 0.1) is 17.8 Å². The Bertz CT molecular complexity index is 1370. The fourth-order valence-corrected chi connectivity index (χ4v) is 7.61. The van der Waals surface area contributed by atoms with Crippen molar-refractivity contribution < 1.29 is 49.3 Å². The highest BCUT2D eigenvalue weighted by atomic mass is 16.6. The number of methoxy groups -OCH3 is 1. The van der Waals surface area contributed by atoms with E-state index in [2.05, 4.69) is 6.58 Å². The summed E-state index contributed by atoms with van der Waals surface area (Å²) in [6.07, 6.45) is 1.60. The number of fused-ring (bicyclic) bond motifs is 5. The molecule has 4 aliphatic rings. The van der Waals surface area contributed by atoms with Crippen LogP contribution in [0.2, 0.25) is 0 Å². The van der Waals surface area contributed by atoms with Crippen LogP contribution in [0.3, 0.4) is 0 Å². The van der Waals surface area contributed by atoms with Gasteiger partial charge in [0.2, 0.25) is 0 Å². The zero-order valence-corrected chi connectivity index (χ0v) is 24.0. The van der Waals surface area contributed by atoms with E-state index in [-0.39, 0.29) is 11.1 Å². The van der Waals surface area contributed by atoms with Gasteiger partial charge >= 0.3 is 5.97 Å². The smallest absolute Gasteiger partial charge is 0.331 e. The van der Waals surface area contributed by atoms with Gasteiger partial charge in [0.25, 0.3) is 0 Å². The summed E-state index contributed by atoms with van der Waals surface area (Å²) in [5.41, 5.74) is -7.39. The van der Waals surface area contributed by atoms with Crippen LogP contribution in [0.1, 0.15) is 26.3 Å². The summed E-state index contributed by atoms with van der Waals surface area (Å²) < 4.78 is 17.5. The molecule has 11 atom stereocenters. The van der Waals surface area contributed by atoms with Crippen LogP contribution in [0.5, 0.6) is 0 Å². The standard InChI is InChI=1S/C32H38O10/c1-17(2)30(37)25(41-22(34)14-10-9-13-20-11-7-6-8-12-20)19(4)31(38)21-15-18(3)24(35)32(21,39)28(36)29(16-33)26(42-29)23(31)27(30)40-5/h6-15,19,21,23,25-28,33,36-39H,1,16H2,2-5H3/b13-9+,14-10+/t19-,21+,23+,25-,26+,27-,28-,29+,30+,31+,32-/m1/s1. The quantitative estimate of drug-likeness (QED) is 0.102. The van der Waals surface area contributed by atoms with Crippen LogP contribution in [-0.2, 0) is 23.8 Å². The minimum Gasteiger partial charge on any atom is -0.455 e. The SMILES string of the molecule is C=C(C)[C@@]1(O)[C@H](OC)[C@@H]2[C@@H]3O[C@]3(CO)[C@@H](O)[C@]3(O)C(=O)C(C)=C[C@H]3[C@@]2(O)[C@H](C)[C@H]1OC(=O)/C=C/C=C/c1ccccc1. The molecule has 5 rings (SSSR count). The molecule has 1 heterocycles. The average Bonchev–Trinajstić information content (AvgIpc) is 3.66. The Kier molecular flexibility index (Phi) is 7.51. The maximum Gasteiger partial charge on any atom is 0.331 e. The molecule has 3 aliphatic carbocycles. The lowest BCUT2D eigenvalue weighted by Crippen LogP contribution is -2.76. The zero-order chi connectivity index (χ0) is 30.8. The second-order valence-electron chi connectivity index (χ2n) is 12.0. The third-order valence-corrected chi connectivity index (χ3v) is 9.86. The van der Waals surface area contributed by atoms with E-state index in [0.717, 1.165) is 5.56 Å². The van der Waals surface area contributed by atoms with Gasteiger partial charge in [-0.1, -0.05) is 68.1 Å². The number of carbonyl (C=O) groups is 2. The van der Waals surface area contributed by atoms with E-state index < -0.39 is 82.9 Å². The van der Waals surface area contributed by atoms with E-state index >= 15 is 0 Å². The van der Waals surface area contributed by atoms with Gasteiger partial charge in [-0.3, -0.25) is 4.79 Å². The number of hydrogen-bond donors (Lipinski definition) is 5. The fourth-order valence-electron chi connectivity index (χ4n) is 7.61. The van der Waals surface area contributed by atoms with Gasteiger partial charge in [0.05, 0.1) is 12.2 Å². The molecular formula is C32H38O10. The largest absolute Gasteiger partial charge is 0.455 e. The number of carbonyl (C=O) groups excluding carboxylic acids is 2. The van der Waals surface area contributed by atoms with Gasteiger partial charge in [-0.2, -0.15) is 0 Å². The highest BCUT2D eigenvalue weighted by molar-refractivity contribution is 6.05. The normalized spacial score (nSPS) is 44.3. The Labute approximate surface area is 244 Å². The van der Waals surface area contributed by atoms with Crippen molar-refractivity contribution in [1.82, 2.24) is 0 Å². The number of benzene rings is 1. The third-order valence-electron chi connectivity index (χ3n) is 9.86. The fraction of sp³-hybridized carbons (Fsp3) is 0.500. The molecule has 5 N–H and O–H groups in total. The van der Waals surface area contributed by atoms with Crippen LogP contribution in [-0.4, -0.2) is 97.8 Å². The number of rotatable bonds is 7. The van der Waals surface area contributed by atoms with Crippen molar-refractivity contribution in [3.63, 3.8) is 0 Å². The van der Waals surface area contributed by atoms with Crippen molar-refractivity contribution in [2.45, 2.75) is 67.6 Å². The lowest BCUT2D eigenvalue weighted by molar-refractivity contribution is -0.288. The Morgan fingerprint density at radius 2 is 1.81 bits per heavy atom. The van der Waals surface area contributed by atoms with Crippen molar-refractivity contribution in [3.05, 3.63) is 77.9 Å². The molecule has 10 heteroatoms. The summed E-state index contributed by atoms with van der Waals surface area (Å²) in [5, 5.41) is 58.6. The highest BCUT2D eigenvalue weighted by Gasteiger charge is 2.84. The monoisotopic (exact) mass is 582 g/mol. The van der Waals surface area contributed by atoms with Gasteiger partial charge in [-0.05, 0) is 30.6 Å². The van der Waals surface area contributed by atoms with Gasteiger partial charge in [-0.15, -0.1) is 0 Å². The van der Waals surface area contributed by atoms with Crippen molar-refractivity contribution in [3.8, 4) is 0 Å². The molecule has 1 aliphatic heterocycles. The number of aliphatic hydroxyl groups is 5. The van der Waals surface area contributed by atoms with Gasteiger partial charge in [0, 0.05) is 30.9 Å². The number of ketones is 1. The minimum atomic E-state index is -2.56. The summed E-state index contributed by atoms with van der Waals surface area (Å²) >= 11 is 0. The van der Waals surface area contributed by atoms with E-state index in [1.165, 1.54) is 46.1 Å². The Morgan fingerprint density at radius 3 is 2.40 bits per heavy atom. The maximum absolute atomic E-state index is 13.3. The van der Waals surface area contributed by atoms with Crippen molar-refractivity contribution >= 4 is 17.8 Å². The summed E-state index contributed by atoms with van der Waals surface area (Å²) in [5.74, 6) is -5.42. The summed E-state index contributed by atoms with van der Waals surface area (Å²) in [6.45, 7) is 7.67. The van der Waals surface area contributed by atoms with E-state index in [0.29, 0.717) is 0 Å². The second kappa shape index (κ2) is 10.3. The number of ether oxygens (including phenoxy) is 3. The molecule has 0 amide bonds. The first-order valence-electron chi connectivity index (χ1n) is 13.9. The molecule has 0 spiro atoms. The molecule has 2 saturated carbocycles. The first-order chi connectivity index (χ1) is 19.8. The van der Waals surface area contributed by atoms with Gasteiger partial charge in [-0.25, -0.2) is 4.79 Å². The maximum atomic E-state index is 13.3. The Morgan fingerprint density at radius 1 is 1.14 bits per heavy atom. The molecule has 42 heavy (non-hydrogen) atoms. The molecule has 3 fully saturated rings. The van der Waals surface area contributed by atoms with Crippen LogP contribution in [0.4, 0.5) is 0 Å². The average molecular weight is 583 g/mol. The molecule has 226 valence electrons. The second-order valence-corrected chi connectivity index (χ2v) is 12.0. The molecule has 1 saturated heterocycles. The van der Waals surface area contributed by atoms with E-state index in [1.54, 1.807) is 12.2 Å². The molecule has 0 bridgehead atoms. The first-order valence-corrected chi connectivity index (χ1v) is 13.9. The van der Waals surface area contributed by atoms with Crippen LogP contribution >= 0.6 is 0 Å². The molecule has 0 unspecified atom stereocenters. The van der Waals surface area contributed by atoms with E-state index in [4.69, 9.17) is 14.2 Å². The number of esters is 1. The minimum absolute atomic E-state index is 0.101. The van der Waals surface area contributed by atoms with Gasteiger partial charge in [0.1, 0.15) is 35.6 Å². The summed E-state index contributed by atoms with van der Waals surface area (Å²) in [4.78, 5) is 26.4. The number of epoxide rings is 1. The van der Waals surface area contributed by atoms with E-state index in [1.807, 2.05) is 30.3 Å². The predicted octanol–water partition coefficient (Wildman–Crippen LogP) is 0.868. The lowest BCUT2D eigenvalue weighted by atomic mass is 9.53. The van der Waals surface area contributed by atoms with Crippen molar-refractivity contribution in [2.75, 3.05) is 13.7 Å². The number of allylic oxidation sites excluding steroid dienone is 2. The number of aliphatic hydroxyl groups excluding tert-OH is 2. The lowest BCUT2D eigenvalue weighted by Gasteiger charge is -2.60. The topological polar surface area (TPSA) is 166 Å². The van der Waals surface area contributed by atoms with Crippen molar-refractivity contribution in [2.24, 2.45) is 17.8 Å². The number of Topliss-reactive ketones (excluding diaryl/α,β-unsaturated/α-hetero) is 1. The van der Waals surface area contributed by atoms with Crippen molar-refractivity contribution in [1.29, 1.82) is 0 Å². The molecule has 0 radical (unpaired) electrons. The molecule has 10 nitrogen and oxygen atoms in total. The van der Waals surface area contributed by atoms with Gasteiger partial charge < -0.3 is 39.7 Å². The summed E-state index contributed by atoms with van der Waals surface area (Å²) in [7, 11) is 1.29. The predicted molar refractivity (Wildman–Crippen MR) is 151 cm³/mol. The van der Waals surface area contributed by atoms with Crippen LogP contribution in [0.15, 0.2) is 72.4 Å². The summed E-state index contributed by atoms with van der Waals surface area (Å²) in [6, 6.07) is 9.43.